The number of amides is 1. The van der Waals surface area contributed by atoms with Gasteiger partial charge in [0.2, 0.25) is 11.8 Å². The van der Waals surface area contributed by atoms with Crippen molar-refractivity contribution >= 4 is 29.0 Å². The van der Waals surface area contributed by atoms with Gasteiger partial charge in [-0.3, -0.25) is 9.59 Å². The first kappa shape index (κ1) is 18.8. The number of pyridine rings is 1. The van der Waals surface area contributed by atoms with Gasteiger partial charge >= 0.3 is 5.97 Å². The number of piperazine rings is 1. The van der Waals surface area contributed by atoms with Crippen LogP contribution in [0, 0.1) is 11.6 Å². The monoisotopic (exact) mass is 379 g/mol. The number of hydrogen-bond donors (Lipinski definition) is 1. The summed E-state index contributed by atoms with van der Waals surface area (Å²) in [6.45, 7) is 4.45. The van der Waals surface area contributed by atoms with Gasteiger partial charge < -0.3 is 19.5 Å². The number of carboxylic acid groups (broad SMARTS) is 1. The summed E-state index contributed by atoms with van der Waals surface area (Å²) in [7, 11) is 0. The molecule has 0 spiro atoms. The van der Waals surface area contributed by atoms with Gasteiger partial charge in [0, 0.05) is 38.4 Å². The van der Waals surface area contributed by atoms with Crippen LogP contribution in [0.5, 0.6) is 0 Å². The van der Waals surface area contributed by atoms with Crippen molar-refractivity contribution in [1.29, 1.82) is 0 Å². The van der Waals surface area contributed by atoms with E-state index >= 15 is 4.39 Å². The number of aryl methyl sites for hydroxylation is 1. The van der Waals surface area contributed by atoms with E-state index in [4.69, 9.17) is 0 Å². The molecule has 0 bridgehead atoms. The number of hydrogen-bond acceptors (Lipinski definition) is 4. The lowest BCUT2D eigenvalue weighted by Gasteiger charge is -2.39. The second-order valence-electron chi connectivity index (χ2n) is 6.52. The van der Waals surface area contributed by atoms with Gasteiger partial charge in [0.25, 0.3) is 0 Å². The van der Waals surface area contributed by atoms with Gasteiger partial charge in [-0.1, -0.05) is 0 Å². The molecule has 1 unspecified atom stereocenters. The van der Waals surface area contributed by atoms with E-state index in [9.17, 15) is 23.9 Å². The van der Waals surface area contributed by atoms with Gasteiger partial charge in [0.05, 0.1) is 10.9 Å². The van der Waals surface area contributed by atoms with E-state index in [0.29, 0.717) is 13.0 Å². The van der Waals surface area contributed by atoms with Crippen LogP contribution in [-0.2, 0) is 11.3 Å². The lowest BCUT2D eigenvalue weighted by Crippen LogP contribution is -2.51. The number of aromatic nitrogens is 1. The van der Waals surface area contributed by atoms with Crippen molar-refractivity contribution < 1.29 is 23.5 Å². The quantitative estimate of drug-likeness (QED) is 0.817. The standard InChI is InChI=1S/C18H19F2N3O4/c1-3-21-8-12(18(26)27)17(25)11-6-13(19)16(14(20)15(11)21)22-4-5-23(9-24)10(2)7-22/h6,8-10H,3-5,7H2,1-2H3,(H,26,27). The summed E-state index contributed by atoms with van der Waals surface area (Å²) in [5, 5.41) is 8.87. The summed E-state index contributed by atoms with van der Waals surface area (Å²) in [5.41, 5.74) is -1.87. The van der Waals surface area contributed by atoms with Crippen LogP contribution in [0.2, 0.25) is 0 Å². The lowest BCUT2D eigenvalue weighted by atomic mass is 10.1. The van der Waals surface area contributed by atoms with Crippen molar-refractivity contribution in [2.45, 2.75) is 26.4 Å². The molecule has 0 aliphatic carbocycles. The molecule has 1 aliphatic rings. The van der Waals surface area contributed by atoms with Crippen LogP contribution in [-0.4, -0.2) is 52.6 Å². The Morgan fingerprint density at radius 1 is 1.37 bits per heavy atom. The number of carbonyl (C=O) groups is 2. The average Bonchev–Trinajstić information content (AvgIpc) is 2.62. The second kappa shape index (κ2) is 6.98. The molecule has 7 nitrogen and oxygen atoms in total. The number of rotatable bonds is 4. The zero-order chi connectivity index (χ0) is 19.9. The number of carboxylic acids is 1. The van der Waals surface area contributed by atoms with Gasteiger partial charge in [-0.15, -0.1) is 0 Å². The topological polar surface area (TPSA) is 82.8 Å². The molecule has 1 aliphatic heterocycles. The molecule has 144 valence electrons. The minimum Gasteiger partial charge on any atom is -0.477 e. The van der Waals surface area contributed by atoms with Crippen LogP contribution in [0.15, 0.2) is 17.1 Å². The summed E-state index contributed by atoms with van der Waals surface area (Å²) in [6.07, 6.45) is 1.78. The highest BCUT2D eigenvalue weighted by Gasteiger charge is 2.29. The first-order chi connectivity index (χ1) is 12.8. The zero-order valence-corrected chi connectivity index (χ0v) is 14.9. The van der Waals surface area contributed by atoms with Crippen molar-refractivity contribution in [2.24, 2.45) is 0 Å². The van der Waals surface area contributed by atoms with E-state index in [-0.39, 0.29) is 42.3 Å². The Morgan fingerprint density at radius 2 is 2.07 bits per heavy atom. The fraction of sp³-hybridized carbons (Fsp3) is 0.389. The third kappa shape index (κ3) is 3.02. The Balaban J connectivity index is 2.22. The van der Waals surface area contributed by atoms with E-state index < -0.39 is 28.6 Å². The fourth-order valence-electron chi connectivity index (χ4n) is 3.50. The molecule has 1 atom stereocenters. The van der Waals surface area contributed by atoms with Gasteiger partial charge in [-0.25, -0.2) is 13.6 Å². The Hall–Kier alpha value is -2.97. The molecule has 2 aromatic rings. The van der Waals surface area contributed by atoms with E-state index in [2.05, 4.69) is 0 Å². The van der Waals surface area contributed by atoms with Gasteiger partial charge in [-0.2, -0.15) is 0 Å². The number of carbonyl (C=O) groups excluding carboxylic acids is 1. The molecule has 1 aromatic heterocycles. The summed E-state index contributed by atoms with van der Waals surface area (Å²) in [6, 6.07) is 0.666. The fourth-order valence-corrected chi connectivity index (χ4v) is 3.50. The Morgan fingerprint density at radius 3 is 2.63 bits per heavy atom. The molecule has 1 saturated heterocycles. The normalized spacial score (nSPS) is 17.4. The predicted octanol–water partition coefficient (Wildman–Crippen LogP) is 1.66. The maximum absolute atomic E-state index is 15.3. The van der Waals surface area contributed by atoms with Crippen LogP contribution >= 0.6 is 0 Å². The van der Waals surface area contributed by atoms with E-state index in [0.717, 1.165) is 12.3 Å². The van der Waals surface area contributed by atoms with Crippen LogP contribution in [0.4, 0.5) is 14.5 Å². The van der Waals surface area contributed by atoms with E-state index in [1.807, 2.05) is 0 Å². The highest BCUT2D eigenvalue weighted by Crippen LogP contribution is 2.31. The molecule has 1 aromatic carbocycles. The Labute approximate surface area is 153 Å². The summed E-state index contributed by atoms with van der Waals surface area (Å²) in [5.74, 6) is -3.30. The number of fused-ring (bicyclic) bond motifs is 1. The first-order valence-electron chi connectivity index (χ1n) is 8.54. The van der Waals surface area contributed by atoms with Gasteiger partial charge in [0.1, 0.15) is 17.1 Å². The Kier molecular flexibility index (Phi) is 4.86. The van der Waals surface area contributed by atoms with Crippen LogP contribution in [0.3, 0.4) is 0 Å². The number of anilines is 1. The minimum absolute atomic E-state index is 0.130. The third-order valence-corrected chi connectivity index (χ3v) is 4.93. The molecule has 0 saturated carbocycles. The van der Waals surface area contributed by atoms with E-state index in [1.165, 1.54) is 9.47 Å². The third-order valence-electron chi connectivity index (χ3n) is 4.93. The van der Waals surface area contributed by atoms with Crippen molar-refractivity contribution in [3.8, 4) is 0 Å². The number of aromatic carboxylic acids is 1. The van der Waals surface area contributed by atoms with Crippen molar-refractivity contribution in [1.82, 2.24) is 9.47 Å². The largest absolute Gasteiger partial charge is 0.477 e. The molecular formula is C18H19F2N3O4. The zero-order valence-electron chi connectivity index (χ0n) is 14.9. The van der Waals surface area contributed by atoms with Crippen molar-refractivity contribution in [2.75, 3.05) is 24.5 Å². The van der Waals surface area contributed by atoms with Gasteiger partial charge in [0.15, 0.2) is 5.82 Å². The number of halogens is 2. The minimum atomic E-state index is -1.45. The maximum atomic E-state index is 15.3. The smallest absolute Gasteiger partial charge is 0.341 e. The highest BCUT2D eigenvalue weighted by molar-refractivity contribution is 5.93. The molecule has 2 heterocycles. The number of benzene rings is 1. The molecule has 3 rings (SSSR count). The highest BCUT2D eigenvalue weighted by atomic mass is 19.1. The summed E-state index contributed by atoms with van der Waals surface area (Å²) >= 11 is 0. The predicted molar refractivity (Wildman–Crippen MR) is 95.2 cm³/mol. The van der Waals surface area contributed by atoms with E-state index in [1.54, 1.807) is 18.7 Å². The Bertz CT molecular complexity index is 989. The summed E-state index contributed by atoms with van der Waals surface area (Å²) in [4.78, 5) is 37.7. The molecule has 1 amide bonds. The van der Waals surface area contributed by atoms with Gasteiger partial charge in [-0.05, 0) is 19.9 Å². The average molecular weight is 379 g/mol. The molecule has 27 heavy (non-hydrogen) atoms. The van der Waals surface area contributed by atoms with Crippen LogP contribution in [0.1, 0.15) is 24.2 Å². The summed E-state index contributed by atoms with van der Waals surface area (Å²) < 4.78 is 31.4. The van der Waals surface area contributed by atoms with Crippen molar-refractivity contribution in [3.63, 3.8) is 0 Å². The molecule has 0 radical (unpaired) electrons. The number of nitrogens with zero attached hydrogens (tertiary/aromatic N) is 3. The van der Waals surface area contributed by atoms with Crippen LogP contribution in [0.25, 0.3) is 10.9 Å². The first-order valence-corrected chi connectivity index (χ1v) is 8.54. The molecule has 1 fully saturated rings. The molecule has 1 N–H and O–H groups in total. The van der Waals surface area contributed by atoms with Crippen LogP contribution < -0.4 is 10.3 Å². The van der Waals surface area contributed by atoms with Crippen molar-refractivity contribution in [3.05, 3.63) is 39.7 Å². The maximum Gasteiger partial charge on any atom is 0.341 e. The molecular weight excluding hydrogens is 360 g/mol. The SMILES string of the molecule is CCn1cc(C(=O)O)c(=O)c2cc(F)c(N3CCN(C=O)C(C)C3)c(F)c21. The molecule has 9 heteroatoms. The lowest BCUT2D eigenvalue weighted by molar-refractivity contribution is -0.120. The second-order valence-corrected chi connectivity index (χ2v) is 6.52.